The molecule has 1 atom stereocenters. The number of halogens is 1. The lowest BCUT2D eigenvalue weighted by molar-refractivity contribution is 0.0938. The Bertz CT molecular complexity index is 839. The van der Waals surface area contributed by atoms with Crippen LogP contribution in [-0.4, -0.2) is 20.4 Å². The van der Waals surface area contributed by atoms with E-state index < -0.39 is 10.0 Å². The van der Waals surface area contributed by atoms with Gasteiger partial charge in [0.1, 0.15) is 0 Å². The normalized spacial score (nSPS) is 12.4. The Kier molecular flexibility index (Phi) is 6.45. The first-order valence-corrected chi connectivity index (χ1v) is 9.88. The molecule has 25 heavy (non-hydrogen) atoms. The maximum absolute atomic E-state index is 12.4. The van der Waals surface area contributed by atoms with Gasteiger partial charge in [-0.3, -0.25) is 9.52 Å². The van der Waals surface area contributed by atoms with Gasteiger partial charge in [-0.25, -0.2) is 8.42 Å². The van der Waals surface area contributed by atoms with Crippen LogP contribution in [0.3, 0.4) is 0 Å². The highest BCUT2D eigenvalue weighted by Crippen LogP contribution is 2.23. The van der Waals surface area contributed by atoms with E-state index in [1.165, 1.54) is 30.3 Å². The van der Waals surface area contributed by atoms with E-state index in [9.17, 15) is 13.2 Å². The first kappa shape index (κ1) is 19.3. The maximum Gasteiger partial charge on any atom is 0.261 e. The van der Waals surface area contributed by atoms with Crippen LogP contribution in [0.2, 0.25) is 5.02 Å². The fourth-order valence-corrected chi connectivity index (χ4v) is 3.66. The van der Waals surface area contributed by atoms with Gasteiger partial charge in [0, 0.05) is 11.7 Å². The summed E-state index contributed by atoms with van der Waals surface area (Å²) in [6.07, 6.45) is 1.80. The zero-order chi connectivity index (χ0) is 18.4. The van der Waals surface area contributed by atoms with Crippen molar-refractivity contribution in [3.8, 4) is 0 Å². The maximum atomic E-state index is 12.4. The number of sulfonamides is 1. The first-order chi connectivity index (χ1) is 11.8. The largest absolute Gasteiger partial charge is 0.350 e. The van der Waals surface area contributed by atoms with Gasteiger partial charge in [0.25, 0.3) is 15.9 Å². The summed E-state index contributed by atoms with van der Waals surface area (Å²) in [5.41, 5.74) is 0.513. The Hall–Kier alpha value is -2.05. The van der Waals surface area contributed by atoms with Gasteiger partial charge in [-0.2, -0.15) is 0 Å². The summed E-state index contributed by atoms with van der Waals surface area (Å²) in [6, 6.07) is 12.5. The summed E-state index contributed by atoms with van der Waals surface area (Å²) in [5.74, 6) is -0.327. The molecule has 0 fully saturated rings. The minimum Gasteiger partial charge on any atom is -0.350 e. The number of hydrogen-bond acceptors (Lipinski definition) is 3. The Balaban J connectivity index is 2.23. The fraction of sp³-hybridized carbons (Fsp3) is 0.278. The highest BCUT2D eigenvalue weighted by molar-refractivity contribution is 7.92. The zero-order valence-corrected chi connectivity index (χ0v) is 15.7. The minimum absolute atomic E-state index is 0.0123. The summed E-state index contributed by atoms with van der Waals surface area (Å²) >= 11 is 6.10. The minimum atomic E-state index is -3.73. The molecule has 7 heteroatoms. The van der Waals surface area contributed by atoms with Crippen LogP contribution >= 0.6 is 11.6 Å². The third kappa shape index (κ3) is 5.21. The highest BCUT2D eigenvalue weighted by atomic mass is 35.5. The molecule has 0 aliphatic carbocycles. The van der Waals surface area contributed by atoms with Gasteiger partial charge in [-0.1, -0.05) is 43.1 Å². The van der Waals surface area contributed by atoms with Crippen molar-refractivity contribution in [1.29, 1.82) is 0 Å². The van der Waals surface area contributed by atoms with Crippen LogP contribution in [0.4, 0.5) is 5.69 Å². The molecule has 2 N–H and O–H groups in total. The van der Waals surface area contributed by atoms with Crippen molar-refractivity contribution in [3.63, 3.8) is 0 Å². The Morgan fingerprint density at radius 3 is 2.48 bits per heavy atom. The summed E-state index contributed by atoms with van der Waals surface area (Å²) in [6.45, 7) is 3.95. The molecule has 0 saturated heterocycles. The van der Waals surface area contributed by atoms with E-state index in [2.05, 4.69) is 10.0 Å². The van der Waals surface area contributed by atoms with E-state index >= 15 is 0 Å². The van der Waals surface area contributed by atoms with Crippen LogP contribution in [0.15, 0.2) is 53.4 Å². The van der Waals surface area contributed by atoms with Crippen molar-refractivity contribution >= 4 is 33.2 Å². The molecule has 134 valence electrons. The molecule has 0 aliphatic heterocycles. The SMILES string of the molecule is CCCC(C)NC(=O)c1cc(NS(=O)(=O)c2ccccc2)ccc1Cl. The van der Waals surface area contributed by atoms with Gasteiger partial charge in [-0.05, 0) is 43.7 Å². The second kappa shape index (κ2) is 8.36. The second-order valence-corrected chi connectivity index (χ2v) is 7.87. The number of hydrogen-bond donors (Lipinski definition) is 2. The molecule has 2 aromatic rings. The third-order valence-corrected chi connectivity index (χ3v) is 5.34. The second-order valence-electron chi connectivity index (χ2n) is 5.78. The van der Waals surface area contributed by atoms with E-state index in [0.29, 0.717) is 0 Å². The van der Waals surface area contributed by atoms with Gasteiger partial charge in [0.15, 0.2) is 0 Å². The first-order valence-electron chi connectivity index (χ1n) is 8.01. The number of rotatable bonds is 7. The van der Waals surface area contributed by atoms with Gasteiger partial charge >= 0.3 is 0 Å². The molecule has 1 unspecified atom stereocenters. The van der Waals surface area contributed by atoms with Crippen molar-refractivity contribution in [2.24, 2.45) is 0 Å². The van der Waals surface area contributed by atoms with E-state index in [4.69, 9.17) is 11.6 Å². The average molecular weight is 381 g/mol. The van der Waals surface area contributed by atoms with Crippen LogP contribution in [-0.2, 0) is 10.0 Å². The standard InChI is InChI=1S/C18H21ClN2O3S/c1-3-7-13(2)20-18(22)16-12-14(10-11-17(16)19)21-25(23,24)15-8-5-4-6-9-15/h4-6,8-13,21H,3,7H2,1-2H3,(H,20,22). The third-order valence-electron chi connectivity index (χ3n) is 3.62. The van der Waals surface area contributed by atoms with Crippen molar-refractivity contribution in [2.45, 2.75) is 37.6 Å². The number of carbonyl (C=O) groups is 1. The van der Waals surface area contributed by atoms with E-state index in [0.717, 1.165) is 12.8 Å². The molecule has 2 rings (SSSR count). The lowest BCUT2D eigenvalue weighted by atomic mass is 10.1. The van der Waals surface area contributed by atoms with Gasteiger partial charge in [0.2, 0.25) is 0 Å². The lowest BCUT2D eigenvalue weighted by Crippen LogP contribution is -2.32. The fourth-order valence-electron chi connectivity index (χ4n) is 2.38. The average Bonchev–Trinajstić information content (AvgIpc) is 2.57. The monoisotopic (exact) mass is 380 g/mol. The van der Waals surface area contributed by atoms with Crippen LogP contribution in [0, 0.1) is 0 Å². The molecule has 0 aliphatic rings. The summed E-state index contributed by atoms with van der Waals surface area (Å²) < 4.78 is 27.2. The summed E-state index contributed by atoms with van der Waals surface area (Å²) in [4.78, 5) is 12.5. The predicted molar refractivity (Wildman–Crippen MR) is 101 cm³/mol. The van der Waals surface area contributed by atoms with Crippen LogP contribution in [0.1, 0.15) is 37.0 Å². The van der Waals surface area contributed by atoms with Gasteiger partial charge < -0.3 is 5.32 Å². The van der Waals surface area contributed by atoms with Crippen molar-refractivity contribution in [2.75, 3.05) is 4.72 Å². The van der Waals surface area contributed by atoms with E-state index in [-0.39, 0.29) is 33.1 Å². The Morgan fingerprint density at radius 2 is 1.84 bits per heavy atom. The predicted octanol–water partition coefficient (Wildman–Crippen LogP) is 4.06. The molecular weight excluding hydrogens is 360 g/mol. The quantitative estimate of drug-likeness (QED) is 0.760. The van der Waals surface area contributed by atoms with Crippen molar-refractivity contribution < 1.29 is 13.2 Å². The molecule has 0 heterocycles. The molecule has 0 radical (unpaired) electrons. The number of amides is 1. The number of benzene rings is 2. The summed E-state index contributed by atoms with van der Waals surface area (Å²) in [5, 5.41) is 3.13. The van der Waals surface area contributed by atoms with Crippen LogP contribution in [0.25, 0.3) is 0 Å². The molecule has 2 aromatic carbocycles. The topological polar surface area (TPSA) is 75.3 Å². The molecule has 0 aromatic heterocycles. The molecule has 1 amide bonds. The molecular formula is C18H21ClN2O3S. The smallest absolute Gasteiger partial charge is 0.261 e. The van der Waals surface area contributed by atoms with Gasteiger partial charge in [0.05, 0.1) is 15.5 Å². The number of anilines is 1. The van der Waals surface area contributed by atoms with Crippen LogP contribution in [0.5, 0.6) is 0 Å². The lowest BCUT2D eigenvalue weighted by Gasteiger charge is -2.15. The Morgan fingerprint density at radius 1 is 1.16 bits per heavy atom. The number of carbonyl (C=O) groups excluding carboxylic acids is 1. The van der Waals surface area contributed by atoms with E-state index in [1.807, 2.05) is 13.8 Å². The van der Waals surface area contributed by atoms with Crippen molar-refractivity contribution in [3.05, 3.63) is 59.1 Å². The van der Waals surface area contributed by atoms with Gasteiger partial charge in [-0.15, -0.1) is 0 Å². The molecule has 0 spiro atoms. The molecule has 0 bridgehead atoms. The Labute approximate surface area is 153 Å². The number of nitrogens with one attached hydrogen (secondary N) is 2. The summed E-state index contributed by atoms with van der Waals surface area (Å²) in [7, 11) is -3.73. The zero-order valence-electron chi connectivity index (χ0n) is 14.1. The molecule has 0 saturated carbocycles. The van der Waals surface area contributed by atoms with E-state index in [1.54, 1.807) is 18.2 Å². The van der Waals surface area contributed by atoms with Crippen molar-refractivity contribution in [1.82, 2.24) is 5.32 Å². The van der Waals surface area contributed by atoms with Crippen LogP contribution < -0.4 is 10.0 Å². The highest BCUT2D eigenvalue weighted by Gasteiger charge is 2.17. The molecule has 5 nitrogen and oxygen atoms in total.